The number of benzene rings is 2. The summed E-state index contributed by atoms with van der Waals surface area (Å²) in [6.07, 6.45) is -1.27. The third-order valence-electron chi connectivity index (χ3n) is 3.72. The minimum Gasteiger partial charge on any atom is -0.451 e. The fourth-order valence-corrected chi connectivity index (χ4v) is 2.22. The Morgan fingerprint density at radius 1 is 0.966 bits per heavy atom. The van der Waals surface area contributed by atoms with E-state index in [-0.39, 0.29) is 12.1 Å². The molecule has 2 aromatic carbocycles. The summed E-state index contributed by atoms with van der Waals surface area (Å²) in [5.41, 5.74) is 0.626. The number of halogens is 1. The van der Waals surface area contributed by atoms with Gasteiger partial charge in [0.25, 0.3) is 11.8 Å². The van der Waals surface area contributed by atoms with Crippen LogP contribution in [0.5, 0.6) is 0 Å². The lowest BCUT2D eigenvalue weighted by atomic mass is 10.2. The normalized spacial score (nSPS) is 11.1. The second-order valence-electron chi connectivity index (χ2n) is 5.95. The molecule has 0 saturated heterocycles. The van der Waals surface area contributed by atoms with Gasteiger partial charge in [0.2, 0.25) is 0 Å². The van der Waals surface area contributed by atoms with Crippen molar-refractivity contribution in [3.05, 3.63) is 71.5 Å². The number of rotatable bonds is 7. The number of imide groups is 1. The van der Waals surface area contributed by atoms with E-state index in [1.165, 1.54) is 25.1 Å². The predicted molar refractivity (Wildman–Crippen MR) is 101 cm³/mol. The molecule has 0 aliphatic heterocycles. The maximum Gasteiger partial charge on any atom is 0.326 e. The fourth-order valence-electron chi connectivity index (χ4n) is 2.22. The average molecular weight is 401 g/mol. The number of esters is 1. The predicted octanol–water partition coefficient (Wildman–Crippen LogP) is 1.51. The largest absolute Gasteiger partial charge is 0.451 e. The molecule has 0 radical (unpaired) electrons. The van der Waals surface area contributed by atoms with Crippen molar-refractivity contribution in [1.82, 2.24) is 16.0 Å². The van der Waals surface area contributed by atoms with Crippen molar-refractivity contribution in [2.45, 2.75) is 19.6 Å². The van der Waals surface area contributed by atoms with Crippen LogP contribution < -0.4 is 16.0 Å². The summed E-state index contributed by atoms with van der Waals surface area (Å²) >= 11 is 0. The van der Waals surface area contributed by atoms with E-state index in [0.717, 1.165) is 11.6 Å². The topological polar surface area (TPSA) is 114 Å². The summed E-state index contributed by atoms with van der Waals surface area (Å²) in [7, 11) is 0. The van der Waals surface area contributed by atoms with Crippen molar-refractivity contribution in [1.29, 1.82) is 0 Å². The summed E-state index contributed by atoms with van der Waals surface area (Å²) in [4.78, 5) is 47.3. The zero-order chi connectivity index (χ0) is 21.2. The van der Waals surface area contributed by atoms with E-state index < -0.39 is 42.3 Å². The second-order valence-corrected chi connectivity index (χ2v) is 5.95. The summed E-state index contributed by atoms with van der Waals surface area (Å²) in [5.74, 6) is -3.27. The van der Waals surface area contributed by atoms with Crippen LogP contribution in [-0.4, -0.2) is 36.5 Å². The van der Waals surface area contributed by atoms with E-state index >= 15 is 0 Å². The van der Waals surface area contributed by atoms with Gasteiger partial charge in [0.15, 0.2) is 6.10 Å². The van der Waals surface area contributed by atoms with Gasteiger partial charge in [-0.3, -0.25) is 19.7 Å². The number of hydrogen-bond donors (Lipinski definition) is 3. The number of carbonyl (C=O) groups excluding carboxylic acids is 4. The van der Waals surface area contributed by atoms with Gasteiger partial charge in [-0.2, -0.15) is 0 Å². The Morgan fingerprint density at radius 2 is 1.62 bits per heavy atom. The van der Waals surface area contributed by atoms with E-state index in [1.807, 2.05) is 30.3 Å². The first kappa shape index (κ1) is 21.5. The minimum atomic E-state index is -1.27. The van der Waals surface area contributed by atoms with Crippen LogP contribution in [0.4, 0.5) is 9.18 Å². The molecule has 2 aromatic rings. The quantitative estimate of drug-likeness (QED) is 0.609. The number of nitrogens with one attached hydrogen (secondary N) is 3. The summed E-state index contributed by atoms with van der Waals surface area (Å²) in [5, 5.41) is 6.75. The smallest absolute Gasteiger partial charge is 0.326 e. The Bertz CT molecular complexity index is 889. The van der Waals surface area contributed by atoms with Crippen molar-refractivity contribution in [2.75, 3.05) is 6.54 Å². The molecule has 0 aliphatic carbocycles. The third-order valence-corrected chi connectivity index (χ3v) is 3.72. The molecule has 3 N–H and O–H groups in total. The van der Waals surface area contributed by atoms with Gasteiger partial charge < -0.3 is 15.4 Å². The first-order valence-corrected chi connectivity index (χ1v) is 8.71. The zero-order valence-corrected chi connectivity index (χ0v) is 15.6. The zero-order valence-electron chi connectivity index (χ0n) is 15.6. The number of urea groups is 1. The highest BCUT2D eigenvalue weighted by Crippen LogP contribution is 2.05. The molecule has 2 rings (SSSR count). The minimum absolute atomic E-state index is 0.218. The van der Waals surface area contributed by atoms with Crippen molar-refractivity contribution in [3.8, 4) is 0 Å². The summed E-state index contributed by atoms with van der Waals surface area (Å²) in [6.45, 7) is 0.928. The van der Waals surface area contributed by atoms with Crippen LogP contribution in [0.2, 0.25) is 0 Å². The molecule has 0 bridgehead atoms. The van der Waals surface area contributed by atoms with Gasteiger partial charge >= 0.3 is 12.0 Å². The van der Waals surface area contributed by atoms with Crippen molar-refractivity contribution < 1.29 is 28.3 Å². The van der Waals surface area contributed by atoms with E-state index in [4.69, 9.17) is 4.74 Å². The number of carbonyl (C=O) groups is 4. The van der Waals surface area contributed by atoms with Gasteiger partial charge in [-0.25, -0.2) is 9.18 Å². The highest BCUT2D eigenvalue weighted by atomic mass is 19.1. The standard InChI is InChI=1S/C20H20FN3O5/c1-13(18(26)24-20(28)23-11-14-7-3-2-4-8-14)29-17(25)12-22-19(27)15-9-5-6-10-16(15)21/h2-10,13H,11-12H2,1H3,(H,22,27)(H2,23,24,26,28)/t13-/m1/s1. The van der Waals surface area contributed by atoms with Gasteiger partial charge in [0.1, 0.15) is 12.4 Å². The SMILES string of the molecule is C[C@@H](OC(=O)CNC(=O)c1ccccc1F)C(=O)NC(=O)NCc1ccccc1. The van der Waals surface area contributed by atoms with Crippen LogP contribution in [0.25, 0.3) is 0 Å². The lowest BCUT2D eigenvalue weighted by Crippen LogP contribution is -2.45. The monoisotopic (exact) mass is 401 g/mol. The molecule has 0 heterocycles. The lowest BCUT2D eigenvalue weighted by molar-refractivity contribution is -0.153. The van der Waals surface area contributed by atoms with Gasteiger partial charge in [-0.1, -0.05) is 42.5 Å². The molecule has 29 heavy (non-hydrogen) atoms. The molecule has 0 spiro atoms. The van der Waals surface area contributed by atoms with Crippen molar-refractivity contribution in [3.63, 3.8) is 0 Å². The molecule has 8 nitrogen and oxygen atoms in total. The van der Waals surface area contributed by atoms with Gasteiger partial charge in [0.05, 0.1) is 5.56 Å². The molecular formula is C20H20FN3O5. The molecule has 1 atom stereocenters. The van der Waals surface area contributed by atoms with Gasteiger partial charge in [0, 0.05) is 6.54 Å². The van der Waals surface area contributed by atoms with Crippen LogP contribution in [0.15, 0.2) is 54.6 Å². The highest BCUT2D eigenvalue weighted by Gasteiger charge is 2.20. The second kappa shape index (κ2) is 10.5. The van der Waals surface area contributed by atoms with Gasteiger partial charge in [-0.15, -0.1) is 0 Å². The molecule has 4 amide bonds. The van der Waals surface area contributed by atoms with Crippen LogP contribution in [0, 0.1) is 5.82 Å². The van der Waals surface area contributed by atoms with Crippen LogP contribution in [0.1, 0.15) is 22.8 Å². The molecule has 0 unspecified atom stereocenters. The number of amides is 4. The molecule has 0 aromatic heterocycles. The lowest BCUT2D eigenvalue weighted by Gasteiger charge is -2.14. The Hall–Kier alpha value is -3.75. The molecule has 152 valence electrons. The first-order valence-electron chi connectivity index (χ1n) is 8.71. The molecule has 0 fully saturated rings. The van der Waals surface area contributed by atoms with E-state index in [1.54, 1.807) is 0 Å². The molecule has 0 aliphatic rings. The number of ether oxygens (including phenoxy) is 1. The van der Waals surface area contributed by atoms with E-state index in [9.17, 15) is 23.6 Å². The van der Waals surface area contributed by atoms with E-state index in [2.05, 4.69) is 16.0 Å². The Balaban J connectivity index is 1.72. The third kappa shape index (κ3) is 7.06. The highest BCUT2D eigenvalue weighted by molar-refractivity contribution is 5.98. The fraction of sp³-hybridized carbons (Fsp3) is 0.200. The van der Waals surface area contributed by atoms with Crippen LogP contribution in [-0.2, 0) is 20.9 Å². The Morgan fingerprint density at radius 3 is 2.31 bits per heavy atom. The first-order chi connectivity index (χ1) is 13.9. The molecule has 0 saturated carbocycles. The average Bonchev–Trinajstić information content (AvgIpc) is 2.71. The van der Waals surface area contributed by atoms with Gasteiger partial charge in [-0.05, 0) is 24.6 Å². The van der Waals surface area contributed by atoms with Crippen molar-refractivity contribution in [2.24, 2.45) is 0 Å². The summed E-state index contributed by atoms with van der Waals surface area (Å²) < 4.78 is 18.4. The summed E-state index contributed by atoms with van der Waals surface area (Å²) in [6, 6.07) is 13.6. The van der Waals surface area contributed by atoms with E-state index in [0.29, 0.717) is 0 Å². The van der Waals surface area contributed by atoms with Crippen LogP contribution >= 0.6 is 0 Å². The Kier molecular flexibility index (Phi) is 7.84. The van der Waals surface area contributed by atoms with Crippen LogP contribution in [0.3, 0.4) is 0 Å². The van der Waals surface area contributed by atoms with Crippen molar-refractivity contribution >= 4 is 23.8 Å². The maximum absolute atomic E-state index is 13.5. The molecule has 9 heteroatoms. The number of hydrogen-bond acceptors (Lipinski definition) is 5. The Labute approximate surface area is 166 Å². The molecular weight excluding hydrogens is 381 g/mol. The maximum atomic E-state index is 13.5.